The van der Waals surface area contributed by atoms with Crippen molar-refractivity contribution in [3.8, 4) is 5.75 Å². The summed E-state index contributed by atoms with van der Waals surface area (Å²) in [6.45, 7) is 0. The van der Waals surface area contributed by atoms with Crippen LogP contribution in [0.1, 0.15) is 20.7 Å². The summed E-state index contributed by atoms with van der Waals surface area (Å²) in [6, 6.07) is 6.31. The molecule has 2 aromatic rings. The molecule has 21 heavy (non-hydrogen) atoms. The molecule has 5 nitrogen and oxygen atoms in total. The summed E-state index contributed by atoms with van der Waals surface area (Å²) in [7, 11) is 0. The Morgan fingerprint density at radius 3 is 2.43 bits per heavy atom. The molecule has 1 amide bonds. The van der Waals surface area contributed by atoms with Gasteiger partial charge in [-0.15, -0.1) is 0 Å². The number of rotatable bonds is 3. The van der Waals surface area contributed by atoms with Gasteiger partial charge in [0.25, 0.3) is 5.91 Å². The summed E-state index contributed by atoms with van der Waals surface area (Å²) >= 11 is 0. The van der Waals surface area contributed by atoms with Gasteiger partial charge in [0.15, 0.2) is 11.6 Å². The summed E-state index contributed by atoms with van der Waals surface area (Å²) < 4.78 is 26.5. The van der Waals surface area contributed by atoms with Gasteiger partial charge in [-0.3, -0.25) is 4.79 Å². The maximum absolute atomic E-state index is 13.5. The maximum Gasteiger partial charge on any atom is 0.337 e. The molecule has 0 fully saturated rings. The monoisotopic (exact) mass is 293 g/mol. The van der Waals surface area contributed by atoms with E-state index in [0.717, 1.165) is 36.4 Å². The molecule has 0 bridgehead atoms. The first kappa shape index (κ1) is 14.4. The second kappa shape index (κ2) is 5.58. The van der Waals surface area contributed by atoms with Gasteiger partial charge in [-0.1, -0.05) is 6.07 Å². The van der Waals surface area contributed by atoms with Crippen LogP contribution in [0.4, 0.5) is 14.5 Å². The Kier molecular flexibility index (Phi) is 3.84. The molecule has 0 aliphatic rings. The average Bonchev–Trinajstić information content (AvgIpc) is 2.43. The molecule has 0 atom stereocenters. The molecule has 2 rings (SSSR count). The number of carbonyl (C=O) groups is 2. The van der Waals surface area contributed by atoms with Crippen LogP contribution < -0.4 is 5.32 Å². The Morgan fingerprint density at radius 1 is 1.05 bits per heavy atom. The normalized spacial score (nSPS) is 10.2. The number of benzene rings is 2. The molecule has 0 saturated carbocycles. The smallest absolute Gasteiger partial charge is 0.337 e. The molecule has 0 aliphatic carbocycles. The average molecular weight is 293 g/mol. The summed E-state index contributed by atoms with van der Waals surface area (Å²) in [4.78, 5) is 22.9. The van der Waals surface area contributed by atoms with Crippen molar-refractivity contribution in [3.63, 3.8) is 0 Å². The first-order valence-corrected chi connectivity index (χ1v) is 5.72. The van der Waals surface area contributed by atoms with Crippen molar-refractivity contribution in [3.05, 3.63) is 59.2 Å². The lowest BCUT2D eigenvalue weighted by atomic mass is 10.1. The Balaban J connectivity index is 2.36. The van der Waals surface area contributed by atoms with Crippen LogP contribution in [0, 0.1) is 11.6 Å². The summed E-state index contributed by atoms with van der Waals surface area (Å²) in [5.74, 6) is -5.21. The van der Waals surface area contributed by atoms with Crippen LogP contribution in [0.2, 0.25) is 0 Å². The molecule has 0 aliphatic heterocycles. The molecule has 7 heteroatoms. The molecule has 0 spiro atoms. The second-order valence-electron chi connectivity index (χ2n) is 4.09. The zero-order valence-corrected chi connectivity index (χ0v) is 10.4. The van der Waals surface area contributed by atoms with Crippen LogP contribution in [-0.4, -0.2) is 22.1 Å². The fourth-order valence-electron chi connectivity index (χ4n) is 1.69. The van der Waals surface area contributed by atoms with Crippen molar-refractivity contribution in [2.45, 2.75) is 0 Å². The molecule has 0 saturated heterocycles. The van der Waals surface area contributed by atoms with Gasteiger partial charge in [-0.25, -0.2) is 13.6 Å². The molecule has 108 valence electrons. The number of phenolic OH excluding ortho intramolecular Hbond substituents is 1. The highest BCUT2D eigenvalue weighted by atomic mass is 19.2. The molecule has 0 aromatic heterocycles. The van der Waals surface area contributed by atoms with Gasteiger partial charge >= 0.3 is 5.97 Å². The van der Waals surface area contributed by atoms with Gasteiger partial charge in [0.05, 0.1) is 16.8 Å². The van der Waals surface area contributed by atoms with E-state index in [1.165, 1.54) is 0 Å². The van der Waals surface area contributed by atoms with Gasteiger partial charge in [0, 0.05) is 0 Å². The van der Waals surface area contributed by atoms with Crippen molar-refractivity contribution in [1.29, 1.82) is 0 Å². The summed E-state index contributed by atoms with van der Waals surface area (Å²) in [5, 5.41) is 20.4. The van der Waals surface area contributed by atoms with Crippen LogP contribution >= 0.6 is 0 Å². The van der Waals surface area contributed by atoms with Gasteiger partial charge in [0.1, 0.15) is 5.75 Å². The number of hydrogen-bond acceptors (Lipinski definition) is 3. The number of amides is 1. The third-order valence-electron chi connectivity index (χ3n) is 2.68. The lowest BCUT2D eigenvalue weighted by Gasteiger charge is -2.09. The minimum absolute atomic E-state index is 0.144. The highest BCUT2D eigenvalue weighted by molar-refractivity contribution is 6.08. The van der Waals surface area contributed by atoms with Gasteiger partial charge in [-0.05, 0) is 30.3 Å². The number of aromatic hydroxyl groups is 1. The van der Waals surface area contributed by atoms with E-state index in [0.29, 0.717) is 0 Å². The highest BCUT2D eigenvalue weighted by Crippen LogP contribution is 2.22. The number of aromatic carboxylic acids is 1. The topological polar surface area (TPSA) is 86.6 Å². The van der Waals surface area contributed by atoms with Gasteiger partial charge in [0.2, 0.25) is 0 Å². The van der Waals surface area contributed by atoms with E-state index in [4.69, 9.17) is 5.11 Å². The first-order valence-electron chi connectivity index (χ1n) is 5.72. The van der Waals surface area contributed by atoms with Crippen LogP contribution in [0.3, 0.4) is 0 Å². The van der Waals surface area contributed by atoms with Crippen LogP contribution in [-0.2, 0) is 0 Å². The number of nitrogens with one attached hydrogen (secondary N) is 1. The number of hydrogen-bond donors (Lipinski definition) is 3. The summed E-state index contributed by atoms with van der Waals surface area (Å²) in [6.07, 6.45) is 0. The Bertz CT molecular complexity index is 731. The lowest BCUT2D eigenvalue weighted by Crippen LogP contribution is -2.16. The fraction of sp³-hybridized carbons (Fsp3) is 0. The summed E-state index contributed by atoms with van der Waals surface area (Å²) in [5.41, 5.74) is -1.08. The van der Waals surface area contributed by atoms with E-state index in [1.807, 2.05) is 0 Å². The van der Waals surface area contributed by atoms with E-state index < -0.39 is 29.1 Å². The molecule has 2 aromatic carbocycles. The molecular weight excluding hydrogens is 284 g/mol. The lowest BCUT2D eigenvalue weighted by molar-refractivity contribution is 0.0697. The largest absolute Gasteiger partial charge is 0.508 e. The minimum Gasteiger partial charge on any atom is -0.508 e. The van der Waals surface area contributed by atoms with E-state index >= 15 is 0 Å². The Labute approximate surface area is 117 Å². The Hall–Kier alpha value is -2.96. The quantitative estimate of drug-likeness (QED) is 0.759. The van der Waals surface area contributed by atoms with Crippen LogP contribution in [0.25, 0.3) is 0 Å². The van der Waals surface area contributed by atoms with E-state index in [1.54, 1.807) is 0 Å². The third kappa shape index (κ3) is 2.97. The number of anilines is 1. The second-order valence-corrected chi connectivity index (χ2v) is 4.09. The highest BCUT2D eigenvalue weighted by Gasteiger charge is 2.18. The van der Waals surface area contributed by atoms with E-state index in [9.17, 15) is 23.5 Å². The van der Waals surface area contributed by atoms with Crippen LogP contribution in [0.5, 0.6) is 5.75 Å². The molecule has 0 radical (unpaired) electrons. The minimum atomic E-state index is -1.39. The number of halogens is 2. The number of carbonyl (C=O) groups excluding carboxylic acids is 1. The molecular formula is C14H9F2NO4. The van der Waals surface area contributed by atoms with Crippen molar-refractivity contribution in [2.75, 3.05) is 5.32 Å². The number of carboxylic acid groups (broad SMARTS) is 1. The zero-order valence-electron chi connectivity index (χ0n) is 10.4. The predicted octanol–water partition coefficient (Wildman–Crippen LogP) is 2.62. The van der Waals surface area contributed by atoms with Crippen molar-refractivity contribution >= 4 is 17.6 Å². The fourth-order valence-corrected chi connectivity index (χ4v) is 1.69. The standard InChI is InChI=1S/C14H9F2NO4/c15-10-3-1-2-8(12(10)16)13(19)17-11-5-4-7(18)6-9(11)14(20)21/h1-6,18H,(H,17,19)(H,20,21). The van der Waals surface area contributed by atoms with Crippen molar-refractivity contribution in [2.24, 2.45) is 0 Å². The van der Waals surface area contributed by atoms with Crippen LogP contribution in [0.15, 0.2) is 36.4 Å². The number of phenols is 1. The van der Waals surface area contributed by atoms with E-state index in [-0.39, 0.29) is 17.0 Å². The maximum atomic E-state index is 13.5. The van der Waals surface area contributed by atoms with Gasteiger partial charge in [-0.2, -0.15) is 0 Å². The predicted molar refractivity (Wildman–Crippen MR) is 69.4 cm³/mol. The molecule has 0 heterocycles. The van der Waals surface area contributed by atoms with Crippen molar-refractivity contribution in [1.82, 2.24) is 0 Å². The molecule has 0 unspecified atom stereocenters. The zero-order chi connectivity index (χ0) is 15.6. The number of carboxylic acids is 1. The third-order valence-corrected chi connectivity index (χ3v) is 2.68. The van der Waals surface area contributed by atoms with Gasteiger partial charge < -0.3 is 15.5 Å². The SMILES string of the molecule is O=C(O)c1cc(O)ccc1NC(=O)c1cccc(F)c1F. The Morgan fingerprint density at radius 2 is 1.76 bits per heavy atom. The molecule has 3 N–H and O–H groups in total. The van der Waals surface area contributed by atoms with E-state index in [2.05, 4.69) is 5.32 Å². The first-order chi connectivity index (χ1) is 9.90. The van der Waals surface area contributed by atoms with Crippen molar-refractivity contribution < 1.29 is 28.6 Å².